The van der Waals surface area contributed by atoms with E-state index >= 15 is 0 Å². The van der Waals surface area contributed by atoms with Crippen molar-refractivity contribution >= 4 is 39.4 Å². The highest BCUT2D eigenvalue weighted by Crippen LogP contribution is 2.24. The molecule has 0 unspecified atom stereocenters. The minimum atomic E-state index is -0.637. The van der Waals surface area contributed by atoms with Gasteiger partial charge < -0.3 is 0 Å². The van der Waals surface area contributed by atoms with E-state index in [1.54, 1.807) is 6.07 Å². The molecule has 10 heteroatoms. The molecular formula is C14H9BrN4O5. The first-order valence-corrected chi connectivity index (χ1v) is 7.19. The second-order valence-electron chi connectivity index (χ2n) is 4.47. The summed E-state index contributed by atoms with van der Waals surface area (Å²) in [5.74, 6) is -0.637. The van der Waals surface area contributed by atoms with Gasteiger partial charge in [-0.25, -0.2) is 5.43 Å². The Kier molecular flexibility index (Phi) is 5.32. The molecule has 0 aliphatic carbocycles. The Bertz CT molecular complexity index is 853. The lowest BCUT2D eigenvalue weighted by molar-refractivity contribution is -0.385. The van der Waals surface area contributed by atoms with Crippen molar-refractivity contribution in [3.05, 3.63) is 78.3 Å². The van der Waals surface area contributed by atoms with E-state index in [4.69, 9.17) is 0 Å². The fraction of sp³-hybridized carbons (Fsp3) is 0. The molecule has 0 radical (unpaired) electrons. The topological polar surface area (TPSA) is 128 Å². The summed E-state index contributed by atoms with van der Waals surface area (Å²) in [5, 5.41) is 25.2. The Morgan fingerprint density at radius 1 is 1.12 bits per heavy atom. The molecule has 0 aromatic heterocycles. The number of hydrogen-bond donors (Lipinski definition) is 1. The molecule has 0 atom stereocenters. The van der Waals surface area contributed by atoms with Crippen molar-refractivity contribution in [1.29, 1.82) is 0 Å². The Hall–Kier alpha value is -3.14. The lowest BCUT2D eigenvalue weighted by Crippen LogP contribution is -2.17. The highest BCUT2D eigenvalue weighted by atomic mass is 79.9. The number of halogens is 1. The van der Waals surface area contributed by atoms with E-state index in [1.165, 1.54) is 36.5 Å². The summed E-state index contributed by atoms with van der Waals surface area (Å²) in [5.41, 5.74) is 2.33. The van der Waals surface area contributed by atoms with E-state index in [9.17, 15) is 25.0 Å². The van der Waals surface area contributed by atoms with Gasteiger partial charge in [0, 0.05) is 29.3 Å². The van der Waals surface area contributed by atoms with Crippen LogP contribution in [0.3, 0.4) is 0 Å². The van der Waals surface area contributed by atoms with Crippen LogP contribution in [0.2, 0.25) is 0 Å². The molecule has 0 bridgehead atoms. The first-order chi connectivity index (χ1) is 11.4. The van der Waals surface area contributed by atoms with Crippen LogP contribution < -0.4 is 5.43 Å². The number of nitrogens with one attached hydrogen (secondary N) is 1. The molecular weight excluding hydrogens is 384 g/mol. The van der Waals surface area contributed by atoms with Gasteiger partial charge in [0.15, 0.2) is 0 Å². The number of hydrazone groups is 1. The molecule has 0 fully saturated rings. The number of nitro benzene ring substituents is 2. The van der Waals surface area contributed by atoms with Gasteiger partial charge in [0.1, 0.15) is 0 Å². The number of non-ortho nitro benzene ring substituents is 1. The third-order valence-electron chi connectivity index (χ3n) is 2.87. The first-order valence-electron chi connectivity index (χ1n) is 6.40. The van der Waals surface area contributed by atoms with Crippen LogP contribution in [0.5, 0.6) is 0 Å². The van der Waals surface area contributed by atoms with Crippen LogP contribution >= 0.6 is 15.9 Å². The average molecular weight is 393 g/mol. The number of nitrogens with zero attached hydrogens (tertiary/aromatic N) is 3. The van der Waals surface area contributed by atoms with Crippen molar-refractivity contribution < 1.29 is 14.6 Å². The molecule has 122 valence electrons. The molecule has 2 aromatic carbocycles. The monoisotopic (exact) mass is 392 g/mol. The maximum Gasteiger partial charge on any atom is 0.284 e. The lowest BCUT2D eigenvalue weighted by atomic mass is 10.2. The first kappa shape index (κ1) is 17.2. The zero-order chi connectivity index (χ0) is 17.7. The van der Waals surface area contributed by atoms with Crippen LogP contribution in [0.15, 0.2) is 52.0 Å². The third kappa shape index (κ3) is 4.20. The van der Waals surface area contributed by atoms with Gasteiger partial charge in [0.25, 0.3) is 17.3 Å². The summed E-state index contributed by atoms with van der Waals surface area (Å²) in [4.78, 5) is 32.2. The van der Waals surface area contributed by atoms with Crippen molar-refractivity contribution in [3.8, 4) is 0 Å². The van der Waals surface area contributed by atoms with Gasteiger partial charge in [-0.3, -0.25) is 25.0 Å². The standard InChI is InChI=1S/C14H9BrN4O5/c15-12-5-4-9(6-13(12)19(23)24)8-16-17-14(20)10-2-1-3-11(7-10)18(21)22/h1-8H,(H,17,20)/b16-8+. The van der Waals surface area contributed by atoms with Gasteiger partial charge in [-0.2, -0.15) is 5.10 Å². The molecule has 9 nitrogen and oxygen atoms in total. The van der Waals surface area contributed by atoms with E-state index < -0.39 is 15.8 Å². The number of rotatable bonds is 5. The molecule has 2 rings (SSSR count). The molecule has 1 N–H and O–H groups in total. The van der Waals surface area contributed by atoms with Crippen molar-refractivity contribution in [2.24, 2.45) is 5.10 Å². The SMILES string of the molecule is O=C(N/N=C/c1ccc(Br)c([N+](=O)[O-])c1)c1cccc([N+](=O)[O-])c1. The van der Waals surface area contributed by atoms with Gasteiger partial charge >= 0.3 is 0 Å². The molecule has 0 aliphatic rings. The van der Waals surface area contributed by atoms with Crippen molar-refractivity contribution in [3.63, 3.8) is 0 Å². The summed E-state index contributed by atoms with van der Waals surface area (Å²) in [6.45, 7) is 0. The van der Waals surface area contributed by atoms with Gasteiger partial charge in [0.05, 0.1) is 20.5 Å². The largest absolute Gasteiger partial charge is 0.284 e. The van der Waals surface area contributed by atoms with Crippen molar-refractivity contribution in [2.45, 2.75) is 0 Å². The minimum Gasteiger partial charge on any atom is -0.267 e. The number of amides is 1. The zero-order valence-corrected chi connectivity index (χ0v) is 13.5. The molecule has 0 spiro atoms. The van der Waals surface area contributed by atoms with E-state index in [1.807, 2.05) is 0 Å². The number of nitro groups is 2. The number of carbonyl (C=O) groups is 1. The highest BCUT2D eigenvalue weighted by Gasteiger charge is 2.12. The Morgan fingerprint density at radius 3 is 2.54 bits per heavy atom. The number of hydrogen-bond acceptors (Lipinski definition) is 6. The predicted molar refractivity (Wildman–Crippen MR) is 89.0 cm³/mol. The Morgan fingerprint density at radius 2 is 1.88 bits per heavy atom. The second kappa shape index (κ2) is 7.42. The third-order valence-corrected chi connectivity index (χ3v) is 3.54. The summed E-state index contributed by atoms with van der Waals surface area (Å²) in [6.07, 6.45) is 1.23. The highest BCUT2D eigenvalue weighted by molar-refractivity contribution is 9.10. The molecule has 24 heavy (non-hydrogen) atoms. The van der Waals surface area contributed by atoms with E-state index in [-0.39, 0.29) is 16.9 Å². The van der Waals surface area contributed by atoms with Crippen LogP contribution in [0.25, 0.3) is 0 Å². The lowest BCUT2D eigenvalue weighted by Gasteiger charge is -2.00. The van der Waals surface area contributed by atoms with Crippen LogP contribution in [-0.2, 0) is 0 Å². The number of carbonyl (C=O) groups excluding carboxylic acids is 1. The van der Waals surface area contributed by atoms with Gasteiger partial charge in [-0.1, -0.05) is 12.1 Å². The summed E-state index contributed by atoms with van der Waals surface area (Å²) < 4.78 is 0.324. The molecule has 0 aliphatic heterocycles. The minimum absolute atomic E-state index is 0.0723. The second-order valence-corrected chi connectivity index (χ2v) is 5.33. The van der Waals surface area contributed by atoms with Crippen LogP contribution in [0, 0.1) is 20.2 Å². The predicted octanol–water partition coefficient (Wildman–Crippen LogP) is 3.03. The summed E-state index contributed by atoms with van der Waals surface area (Å²) >= 11 is 3.06. The van der Waals surface area contributed by atoms with Crippen LogP contribution in [0.4, 0.5) is 11.4 Å². The fourth-order valence-corrected chi connectivity index (χ4v) is 2.13. The Balaban J connectivity index is 2.10. The van der Waals surface area contributed by atoms with E-state index in [0.717, 1.165) is 6.07 Å². The van der Waals surface area contributed by atoms with E-state index in [0.29, 0.717) is 10.0 Å². The van der Waals surface area contributed by atoms with Crippen LogP contribution in [0.1, 0.15) is 15.9 Å². The average Bonchev–Trinajstić information content (AvgIpc) is 2.56. The van der Waals surface area contributed by atoms with Gasteiger partial charge in [-0.05, 0) is 28.1 Å². The van der Waals surface area contributed by atoms with Gasteiger partial charge in [0.2, 0.25) is 0 Å². The smallest absolute Gasteiger partial charge is 0.267 e. The van der Waals surface area contributed by atoms with Crippen molar-refractivity contribution in [1.82, 2.24) is 5.43 Å². The van der Waals surface area contributed by atoms with Gasteiger partial charge in [-0.15, -0.1) is 0 Å². The van der Waals surface area contributed by atoms with Crippen molar-refractivity contribution in [2.75, 3.05) is 0 Å². The molecule has 0 saturated carbocycles. The molecule has 0 saturated heterocycles. The maximum absolute atomic E-state index is 11.9. The summed E-state index contributed by atoms with van der Waals surface area (Å²) in [6, 6.07) is 9.52. The maximum atomic E-state index is 11.9. The normalized spacial score (nSPS) is 10.5. The zero-order valence-electron chi connectivity index (χ0n) is 11.9. The number of benzene rings is 2. The Labute approximate surface area is 143 Å². The molecule has 1 amide bonds. The quantitative estimate of drug-likeness (QED) is 0.474. The van der Waals surface area contributed by atoms with E-state index in [2.05, 4.69) is 26.5 Å². The summed E-state index contributed by atoms with van der Waals surface area (Å²) in [7, 11) is 0. The van der Waals surface area contributed by atoms with Crippen LogP contribution in [-0.4, -0.2) is 22.0 Å². The fourth-order valence-electron chi connectivity index (χ4n) is 1.74. The molecule has 2 aromatic rings. The molecule has 0 heterocycles.